The van der Waals surface area contributed by atoms with Gasteiger partial charge in [0.15, 0.2) is 0 Å². The van der Waals surface area contributed by atoms with E-state index >= 15 is 0 Å². The molecule has 6 nitrogen and oxygen atoms in total. The van der Waals surface area contributed by atoms with Crippen LogP contribution in [0.25, 0.3) is 0 Å². The van der Waals surface area contributed by atoms with Crippen LogP contribution in [0.3, 0.4) is 0 Å². The molecule has 2 amide bonds. The van der Waals surface area contributed by atoms with E-state index in [2.05, 4.69) is 10.6 Å². The Morgan fingerprint density at radius 2 is 1.18 bits per heavy atom. The number of carbonyl (C=O) groups excluding carboxylic acids is 2. The zero-order chi connectivity index (χ0) is 20.5. The zero-order valence-electron chi connectivity index (χ0n) is 15.8. The molecule has 0 saturated heterocycles. The second-order valence-electron chi connectivity index (χ2n) is 6.17. The molecule has 0 bridgehead atoms. The molecule has 2 aromatic rings. The van der Waals surface area contributed by atoms with Crippen molar-refractivity contribution in [1.29, 1.82) is 0 Å². The Balaban J connectivity index is 1.59. The number of phenolic OH excluding ortho intramolecular Hbond substituents is 2. The molecule has 8 heteroatoms. The monoisotopic (exact) mass is 420 g/mol. The van der Waals surface area contributed by atoms with E-state index in [-0.39, 0.29) is 34.8 Å². The number of thioether (sulfide) groups is 2. The molecule has 0 radical (unpaired) electrons. The van der Waals surface area contributed by atoms with Crippen molar-refractivity contribution in [2.24, 2.45) is 0 Å². The molecule has 0 fully saturated rings. The van der Waals surface area contributed by atoms with Crippen LogP contribution in [0.2, 0.25) is 0 Å². The summed E-state index contributed by atoms with van der Waals surface area (Å²) in [6, 6.07) is 10.4. The van der Waals surface area contributed by atoms with Gasteiger partial charge in [-0.3, -0.25) is 9.59 Å². The van der Waals surface area contributed by atoms with Crippen LogP contribution in [-0.2, 0) is 9.59 Å². The minimum absolute atomic E-state index is 0.112. The number of amides is 2. The third kappa shape index (κ3) is 7.36. The van der Waals surface area contributed by atoms with E-state index in [0.717, 1.165) is 20.9 Å². The maximum absolute atomic E-state index is 11.9. The number of hydrogen-bond donors (Lipinski definition) is 4. The van der Waals surface area contributed by atoms with Crippen molar-refractivity contribution in [2.75, 3.05) is 24.6 Å². The normalized spacial score (nSPS) is 10.5. The second kappa shape index (κ2) is 10.9. The SMILES string of the molecule is Cc1cc(SCC(=O)NCCNC(=O)CSc2ccc(O)c(C)c2)ccc1O. The van der Waals surface area contributed by atoms with Gasteiger partial charge in [-0.2, -0.15) is 0 Å². The summed E-state index contributed by atoms with van der Waals surface area (Å²) < 4.78 is 0. The quantitative estimate of drug-likeness (QED) is 0.368. The Bertz CT molecular complexity index is 773. The number of rotatable bonds is 9. The van der Waals surface area contributed by atoms with Crippen LogP contribution < -0.4 is 10.6 Å². The van der Waals surface area contributed by atoms with E-state index in [1.165, 1.54) is 23.5 Å². The van der Waals surface area contributed by atoms with Crippen molar-refractivity contribution in [3.63, 3.8) is 0 Å². The number of aryl methyl sites for hydroxylation is 2. The van der Waals surface area contributed by atoms with Crippen LogP contribution in [-0.4, -0.2) is 46.6 Å². The Morgan fingerprint density at radius 3 is 1.54 bits per heavy atom. The molecule has 150 valence electrons. The minimum Gasteiger partial charge on any atom is -0.508 e. The topological polar surface area (TPSA) is 98.7 Å². The number of aromatic hydroxyl groups is 2. The fraction of sp³-hybridized carbons (Fsp3) is 0.300. The van der Waals surface area contributed by atoms with Crippen molar-refractivity contribution in [3.8, 4) is 11.5 Å². The molecule has 0 unspecified atom stereocenters. The molecule has 0 aromatic heterocycles. The lowest BCUT2D eigenvalue weighted by atomic mass is 10.2. The summed E-state index contributed by atoms with van der Waals surface area (Å²) in [5, 5.41) is 24.5. The summed E-state index contributed by atoms with van der Waals surface area (Å²) in [7, 11) is 0. The highest BCUT2D eigenvalue weighted by atomic mass is 32.2. The lowest BCUT2D eigenvalue weighted by Crippen LogP contribution is -2.36. The van der Waals surface area contributed by atoms with Gasteiger partial charge in [-0.15, -0.1) is 23.5 Å². The predicted octanol–water partition coefficient (Wildman–Crippen LogP) is 2.83. The fourth-order valence-electron chi connectivity index (χ4n) is 2.24. The summed E-state index contributed by atoms with van der Waals surface area (Å²) in [6.45, 7) is 4.35. The van der Waals surface area contributed by atoms with Crippen LogP contribution in [0.1, 0.15) is 11.1 Å². The van der Waals surface area contributed by atoms with Crippen LogP contribution in [0, 0.1) is 13.8 Å². The highest BCUT2D eigenvalue weighted by molar-refractivity contribution is 8.00. The van der Waals surface area contributed by atoms with Gasteiger partial charge in [0.05, 0.1) is 11.5 Å². The highest BCUT2D eigenvalue weighted by Crippen LogP contribution is 2.25. The van der Waals surface area contributed by atoms with Crippen LogP contribution in [0.4, 0.5) is 0 Å². The van der Waals surface area contributed by atoms with E-state index in [1.807, 2.05) is 26.0 Å². The fourth-order valence-corrected chi connectivity index (χ4v) is 3.89. The average Bonchev–Trinajstić information content (AvgIpc) is 2.67. The Hall–Kier alpha value is -2.32. The second-order valence-corrected chi connectivity index (χ2v) is 8.27. The predicted molar refractivity (Wildman–Crippen MR) is 113 cm³/mol. The molecule has 0 aliphatic rings. The third-order valence-electron chi connectivity index (χ3n) is 3.85. The highest BCUT2D eigenvalue weighted by Gasteiger charge is 2.06. The van der Waals surface area contributed by atoms with Crippen LogP contribution in [0.5, 0.6) is 11.5 Å². The van der Waals surface area contributed by atoms with Gasteiger partial charge >= 0.3 is 0 Å². The van der Waals surface area contributed by atoms with Gasteiger partial charge in [-0.25, -0.2) is 0 Å². The molecule has 0 aliphatic heterocycles. The molecule has 0 heterocycles. The zero-order valence-corrected chi connectivity index (χ0v) is 17.5. The first-order chi connectivity index (χ1) is 13.3. The van der Waals surface area contributed by atoms with E-state index in [1.54, 1.807) is 24.3 Å². The van der Waals surface area contributed by atoms with Gasteiger partial charge < -0.3 is 20.8 Å². The lowest BCUT2D eigenvalue weighted by molar-refractivity contribution is -0.120. The molecule has 0 atom stereocenters. The van der Waals surface area contributed by atoms with Crippen LogP contribution in [0.15, 0.2) is 46.2 Å². The smallest absolute Gasteiger partial charge is 0.230 e. The first kappa shape index (κ1) is 22.0. The first-order valence-electron chi connectivity index (χ1n) is 8.73. The van der Waals surface area contributed by atoms with Gasteiger partial charge in [0.1, 0.15) is 11.5 Å². The molecule has 0 aliphatic carbocycles. The summed E-state index contributed by atoms with van der Waals surface area (Å²) in [4.78, 5) is 25.6. The number of carbonyl (C=O) groups is 2. The first-order valence-corrected chi connectivity index (χ1v) is 10.7. The molecule has 2 aromatic carbocycles. The molecule has 0 saturated carbocycles. The van der Waals surface area contributed by atoms with Crippen molar-refractivity contribution < 1.29 is 19.8 Å². The largest absolute Gasteiger partial charge is 0.508 e. The van der Waals surface area contributed by atoms with E-state index in [9.17, 15) is 19.8 Å². The molecular weight excluding hydrogens is 396 g/mol. The molecule has 0 spiro atoms. The molecule has 2 rings (SSSR count). The molecule has 28 heavy (non-hydrogen) atoms. The number of nitrogens with one attached hydrogen (secondary N) is 2. The van der Waals surface area contributed by atoms with Crippen molar-refractivity contribution in [2.45, 2.75) is 23.6 Å². The summed E-state index contributed by atoms with van der Waals surface area (Å²) in [5.74, 6) is 0.798. The van der Waals surface area contributed by atoms with Gasteiger partial charge in [-0.05, 0) is 61.4 Å². The van der Waals surface area contributed by atoms with Crippen molar-refractivity contribution in [1.82, 2.24) is 10.6 Å². The van der Waals surface area contributed by atoms with Crippen molar-refractivity contribution >= 4 is 35.3 Å². The summed E-state index contributed by atoms with van der Waals surface area (Å²) in [6.07, 6.45) is 0. The lowest BCUT2D eigenvalue weighted by Gasteiger charge is -2.08. The Labute approximate surface area is 173 Å². The van der Waals surface area contributed by atoms with E-state index in [4.69, 9.17) is 0 Å². The molecular formula is C20H24N2O4S2. The average molecular weight is 421 g/mol. The minimum atomic E-state index is -0.112. The maximum atomic E-state index is 11.9. The Morgan fingerprint density at radius 1 is 0.786 bits per heavy atom. The van der Waals surface area contributed by atoms with E-state index < -0.39 is 0 Å². The van der Waals surface area contributed by atoms with Gasteiger partial charge in [0.2, 0.25) is 11.8 Å². The number of benzene rings is 2. The maximum Gasteiger partial charge on any atom is 0.230 e. The number of phenols is 2. The van der Waals surface area contributed by atoms with Gasteiger partial charge in [0, 0.05) is 22.9 Å². The van der Waals surface area contributed by atoms with Gasteiger partial charge in [0.25, 0.3) is 0 Å². The number of hydrogen-bond acceptors (Lipinski definition) is 6. The molecule has 4 N–H and O–H groups in total. The third-order valence-corrected chi connectivity index (χ3v) is 5.83. The Kier molecular flexibility index (Phi) is 8.53. The van der Waals surface area contributed by atoms with E-state index in [0.29, 0.717) is 13.1 Å². The van der Waals surface area contributed by atoms with Crippen LogP contribution >= 0.6 is 23.5 Å². The van der Waals surface area contributed by atoms with Gasteiger partial charge in [-0.1, -0.05) is 0 Å². The summed E-state index contributed by atoms with van der Waals surface area (Å²) in [5.41, 5.74) is 1.54. The summed E-state index contributed by atoms with van der Waals surface area (Å²) >= 11 is 2.78. The standard InChI is InChI=1S/C20H24N2O4S2/c1-13-9-15(3-5-17(13)23)27-11-19(25)21-7-8-22-20(26)12-28-16-4-6-18(24)14(2)10-16/h3-6,9-10,23-24H,7-8,11-12H2,1-2H3,(H,21,25)(H,22,26). The van der Waals surface area contributed by atoms with Crippen molar-refractivity contribution in [3.05, 3.63) is 47.5 Å².